The van der Waals surface area contributed by atoms with E-state index in [0.717, 1.165) is 16.7 Å². The molecule has 4 rings (SSSR count). The Morgan fingerprint density at radius 1 is 1.13 bits per heavy atom. The van der Waals surface area contributed by atoms with Crippen LogP contribution in [0.15, 0.2) is 42.5 Å². The molecule has 1 atom stereocenters. The maximum absolute atomic E-state index is 12.9. The molecule has 30 heavy (non-hydrogen) atoms. The molecule has 0 bridgehead atoms. The first-order valence-electron chi connectivity index (χ1n) is 9.80. The van der Waals surface area contributed by atoms with E-state index in [9.17, 15) is 19.2 Å². The first kappa shape index (κ1) is 19.8. The maximum Gasteiger partial charge on any atom is 0.255 e. The van der Waals surface area contributed by atoms with Crippen molar-refractivity contribution in [3.63, 3.8) is 0 Å². The lowest BCUT2D eigenvalue weighted by molar-refractivity contribution is -0.136. The van der Waals surface area contributed by atoms with Gasteiger partial charge in [-0.25, -0.2) is 0 Å². The highest BCUT2D eigenvalue weighted by molar-refractivity contribution is 6.06. The van der Waals surface area contributed by atoms with Crippen LogP contribution < -0.4 is 16.4 Å². The lowest BCUT2D eigenvalue weighted by Crippen LogP contribution is -2.52. The van der Waals surface area contributed by atoms with Gasteiger partial charge in [-0.1, -0.05) is 30.3 Å². The van der Waals surface area contributed by atoms with Crippen LogP contribution in [0.1, 0.15) is 50.2 Å². The molecule has 154 valence electrons. The summed E-state index contributed by atoms with van der Waals surface area (Å²) in [7, 11) is 0. The first-order chi connectivity index (χ1) is 14.5. The molecule has 4 amide bonds. The average Bonchev–Trinajstić information content (AvgIpc) is 3.08. The van der Waals surface area contributed by atoms with Crippen LogP contribution in [0.25, 0.3) is 0 Å². The third-order valence-corrected chi connectivity index (χ3v) is 5.57. The van der Waals surface area contributed by atoms with E-state index >= 15 is 0 Å². The second-order valence-electron chi connectivity index (χ2n) is 7.43. The van der Waals surface area contributed by atoms with Crippen molar-refractivity contribution in [2.24, 2.45) is 5.73 Å². The standard InChI is InChI=1S/C22H22N4O4/c23-10-14-3-1-2-4-15(14)11-24-20(28)13-5-6-16-12-26(22(30)17(16)9-13)18-7-8-19(27)25-21(18)29/h1-6,9,18H,7-8,10-12,23H2,(H,24,28)(H,25,27,29). The quantitative estimate of drug-likeness (QED) is 0.635. The fraction of sp³-hybridized carbons (Fsp3) is 0.273. The molecule has 1 unspecified atom stereocenters. The predicted molar refractivity (Wildman–Crippen MR) is 108 cm³/mol. The van der Waals surface area contributed by atoms with Gasteiger partial charge in [0.2, 0.25) is 11.8 Å². The smallest absolute Gasteiger partial charge is 0.255 e. The summed E-state index contributed by atoms with van der Waals surface area (Å²) in [6, 6.07) is 11.9. The van der Waals surface area contributed by atoms with Gasteiger partial charge < -0.3 is 16.0 Å². The molecule has 2 heterocycles. The number of nitrogens with one attached hydrogen (secondary N) is 2. The van der Waals surface area contributed by atoms with Gasteiger partial charge in [0.1, 0.15) is 6.04 Å². The molecule has 2 aliphatic rings. The second-order valence-corrected chi connectivity index (χ2v) is 7.43. The molecule has 8 heteroatoms. The fourth-order valence-corrected chi connectivity index (χ4v) is 3.90. The molecule has 0 radical (unpaired) electrons. The summed E-state index contributed by atoms with van der Waals surface area (Å²) in [4.78, 5) is 50.5. The Bertz CT molecular complexity index is 1050. The van der Waals surface area contributed by atoms with E-state index in [1.54, 1.807) is 18.2 Å². The number of carbonyl (C=O) groups excluding carboxylic acids is 4. The maximum atomic E-state index is 12.9. The third-order valence-electron chi connectivity index (χ3n) is 5.57. The number of amides is 4. The summed E-state index contributed by atoms with van der Waals surface area (Å²) in [5, 5.41) is 5.14. The molecule has 2 aliphatic heterocycles. The largest absolute Gasteiger partial charge is 0.348 e. The number of hydrogen-bond acceptors (Lipinski definition) is 5. The Labute approximate surface area is 173 Å². The number of hydrogen-bond donors (Lipinski definition) is 3. The van der Waals surface area contributed by atoms with Crippen LogP contribution in [0.5, 0.6) is 0 Å². The average molecular weight is 406 g/mol. The van der Waals surface area contributed by atoms with Crippen LogP contribution in [0.3, 0.4) is 0 Å². The fourth-order valence-electron chi connectivity index (χ4n) is 3.90. The zero-order valence-electron chi connectivity index (χ0n) is 16.3. The van der Waals surface area contributed by atoms with E-state index in [1.165, 1.54) is 4.90 Å². The summed E-state index contributed by atoms with van der Waals surface area (Å²) >= 11 is 0. The highest BCUT2D eigenvalue weighted by Gasteiger charge is 2.39. The van der Waals surface area contributed by atoms with Crippen LogP contribution in [0.2, 0.25) is 0 Å². The van der Waals surface area contributed by atoms with Crippen molar-refractivity contribution in [1.29, 1.82) is 0 Å². The highest BCUT2D eigenvalue weighted by atomic mass is 16.2. The molecule has 0 aliphatic carbocycles. The number of rotatable bonds is 5. The van der Waals surface area contributed by atoms with Gasteiger partial charge >= 0.3 is 0 Å². The van der Waals surface area contributed by atoms with Crippen LogP contribution in [-0.4, -0.2) is 34.6 Å². The van der Waals surface area contributed by atoms with Crippen LogP contribution in [-0.2, 0) is 29.2 Å². The monoisotopic (exact) mass is 406 g/mol. The van der Waals surface area contributed by atoms with Gasteiger partial charge in [-0.2, -0.15) is 0 Å². The summed E-state index contributed by atoms with van der Waals surface area (Å²) in [6.45, 7) is 1.00. The lowest BCUT2D eigenvalue weighted by atomic mass is 10.0. The SMILES string of the molecule is NCc1ccccc1CNC(=O)c1ccc2c(c1)C(=O)N(C1CCC(=O)NC1=O)C2. The number of nitrogens with zero attached hydrogens (tertiary/aromatic N) is 1. The van der Waals surface area contributed by atoms with E-state index in [4.69, 9.17) is 5.73 Å². The Hall–Kier alpha value is -3.52. The molecule has 1 saturated heterocycles. The van der Waals surface area contributed by atoms with Crippen molar-refractivity contribution in [2.45, 2.75) is 38.5 Å². The van der Waals surface area contributed by atoms with Crippen molar-refractivity contribution < 1.29 is 19.2 Å². The molecule has 0 spiro atoms. The normalized spacial score (nSPS) is 18.2. The third kappa shape index (κ3) is 3.69. The van der Waals surface area contributed by atoms with Gasteiger partial charge in [0.05, 0.1) is 0 Å². The molecule has 2 aromatic rings. The summed E-state index contributed by atoms with van der Waals surface area (Å²) in [5.74, 6) is -1.38. The van der Waals surface area contributed by atoms with E-state index in [0.29, 0.717) is 30.6 Å². The number of piperidine rings is 1. The van der Waals surface area contributed by atoms with Gasteiger partial charge in [-0.15, -0.1) is 0 Å². The number of carbonyl (C=O) groups is 4. The molecule has 0 saturated carbocycles. The minimum atomic E-state index is -0.673. The van der Waals surface area contributed by atoms with Crippen molar-refractivity contribution in [3.8, 4) is 0 Å². The Morgan fingerprint density at radius 3 is 2.63 bits per heavy atom. The number of fused-ring (bicyclic) bond motifs is 1. The van der Waals surface area contributed by atoms with E-state index in [2.05, 4.69) is 10.6 Å². The molecule has 4 N–H and O–H groups in total. The Kier molecular flexibility index (Phi) is 5.33. The summed E-state index contributed by atoms with van der Waals surface area (Å²) in [6.07, 6.45) is 0.507. The van der Waals surface area contributed by atoms with Crippen molar-refractivity contribution in [2.75, 3.05) is 0 Å². The minimum absolute atomic E-state index is 0.203. The minimum Gasteiger partial charge on any atom is -0.348 e. The lowest BCUT2D eigenvalue weighted by Gasteiger charge is -2.29. The predicted octanol–water partition coefficient (Wildman–Crippen LogP) is 0.836. The first-order valence-corrected chi connectivity index (χ1v) is 9.80. The van der Waals surface area contributed by atoms with E-state index in [-0.39, 0.29) is 30.7 Å². The molecule has 8 nitrogen and oxygen atoms in total. The zero-order chi connectivity index (χ0) is 21.3. The number of imide groups is 1. The summed E-state index contributed by atoms with van der Waals surface area (Å²) in [5.41, 5.74) is 9.18. The van der Waals surface area contributed by atoms with Crippen LogP contribution in [0, 0.1) is 0 Å². The van der Waals surface area contributed by atoms with Gasteiger partial charge in [0.15, 0.2) is 0 Å². The molecular formula is C22H22N4O4. The summed E-state index contributed by atoms with van der Waals surface area (Å²) < 4.78 is 0. The number of benzene rings is 2. The van der Waals surface area contributed by atoms with Gasteiger partial charge in [0, 0.05) is 37.2 Å². The van der Waals surface area contributed by atoms with E-state index < -0.39 is 11.9 Å². The Morgan fingerprint density at radius 2 is 1.90 bits per heavy atom. The van der Waals surface area contributed by atoms with Crippen LogP contribution in [0.4, 0.5) is 0 Å². The molecule has 1 fully saturated rings. The Balaban J connectivity index is 1.47. The van der Waals surface area contributed by atoms with Gasteiger partial charge in [0.25, 0.3) is 11.8 Å². The second kappa shape index (κ2) is 8.08. The van der Waals surface area contributed by atoms with Gasteiger partial charge in [-0.05, 0) is 35.2 Å². The van der Waals surface area contributed by atoms with Crippen molar-refractivity contribution >= 4 is 23.6 Å². The van der Waals surface area contributed by atoms with Crippen molar-refractivity contribution in [1.82, 2.24) is 15.5 Å². The topological polar surface area (TPSA) is 122 Å². The molecule has 0 aromatic heterocycles. The van der Waals surface area contributed by atoms with Crippen LogP contribution >= 0.6 is 0 Å². The van der Waals surface area contributed by atoms with Gasteiger partial charge in [-0.3, -0.25) is 24.5 Å². The van der Waals surface area contributed by atoms with E-state index in [1.807, 2.05) is 24.3 Å². The molecule has 2 aromatic carbocycles. The number of nitrogens with two attached hydrogens (primary N) is 1. The zero-order valence-corrected chi connectivity index (χ0v) is 16.3. The van der Waals surface area contributed by atoms with Crippen molar-refractivity contribution in [3.05, 3.63) is 70.3 Å². The molecular weight excluding hydrogens is 384 g/mol. The highest BCUT2D eigenvalue weighted by Crippen LogP contribution is 2.28.